The van der Waals surface area contributed by atoms with Gasteiger partial charge in [-0.3, -0.25) is 9.59 Å². The van der Waals surface area contributed by atoms with Crippen LogP contribution in [0.5, 0.6) is 0 Å². The summed E-state index contributed by atoms with van der Waals surface area (Å²) in [5, 5.41) is 0.393. The Bertz CT molecular complexity index is 917. The van der Waals surface area contributed by atoms with E-state index in [0.717, 1.165) is 18.2 Å². The molecule has 0 spiro atoms. The monoisotopic (exact) mass is 357 g/mol. The smallest absolute Gasteiger partial charge is 0.329 e. The van der Waals surface area contributed by atoms with E-state index >= 15 is 0 Å². The fourth-order valence-electron chi connectivity index (χ4n) is 3.40. The molecule has 5 nitrogen and oxygen atoms in total. The van der Waals surface area contributed by atoms with Crippen LogP contribution in [0.15, 0.2) is 42.5 Å². The molecule has 2 aromatic carbocycles. The highest BCUT2D eigenvalue weighted by Gasteiger charge is 2.51. The molecule has 1 saturated carbocycles. The van der Waals surface area contributed by atoms with Crippen molar-refractivity contribution in [1.29, 1.82) is 0 Å². The summed E-state index contributed by atoms with van der Waals surface area (Å²) < 4.78 is 27.8. The van der Waals surface area contributed by atoms with Crippen LogP contribution in [0.3, 0.4) is 0 Å². The third-order valence-electron chi connectivity index (χ3n) is 4.97. The van der Waals surface area contributed by atoms with Crippen LogP contribution >= 0.6 is 0 Å². The minimum absolute atomic E-state index is 0.120. The highest BCUT2D eigenvalue weighted by Crippen LogP contribution is 2.46. The zero-order valence-corrected chi connectivity index (χ0v) is 13.5. The minimum Gasteiger partial charge on any atom is -0.329 e. The van der Waals surface area contributed by atoms with Crippen molar-refractivity contribution in [2.24, 2.45) is 0 Å². The number of fused-ring (bicyclic) bond motifs is 1. The van der Waals surface area contributed by atoms with Crippen molar-refractivity contribution in [2.75, 3.05) is 0 Å². The Balaban J connectivity index is 1.65. The maximum atomic E-state index is 14.2. The van der Waals surface area contributed by atoms with E-state index in [9.17, 15) is 23.2 Å². The van der Waals surface area contributed by atoms with Crippen LogP contribution < -0.4 is 0 Å². The number of hydrogen-bond donors (Lipinski definition) is 0. The topological polar surface area (TPSA) is 63.7 Å². The molecule has 0 saturated heterocycles. The van der Waals surface area contributed by atoms with Crippen molar-refractivity contribution in [1.82, 2.24) is 5.06 Å². The second kappa shape index (κ2) is 5.72. The van der Waals surface area contributed by atoms with Gasteiger partial charge in [-0.1, -0.05) is 23.6 Å². The molecule has 0 N–H and O–H groups in total. The van der Waals surface area contributed by atoms with E-state index in [1.807, 2.05) is 0 Å². The van der Waals surface area contributed by atoms with Crippen molar-refractivity contribution in [3.05, 3.63) is 70.8 Å². The molecule has 4 rings (SSSR count). The van der Waals surface area contributed by atoms with Gasteiger partial charge >= 0.3 is 5.97 Å². The lowest BCUT2D eigenvalue weighted by atomic mass is 9.64. The Labute approximate surface area is 147 Å². The van der Waals surface area contributed by atoms with E-state index in [1.54, 1.807) is 12.1 Å². The molecule has 26 heavy (non-hydrogen) atoms. The minimum atomic E-state index is -1.40. The van der Waals surface area contributed by atoms with Crippen LogP contribution in [0.2, 0.25) is 0 Å². The lowest BCUT2D eigenvalue weighted by molar-refractivity contribution is -0.180. The molecule has 0 aromatic heterocycles. The van der Waals surface area contributed by atoms with Gasteiger partial charge in [-0.2, -0.15) is 0 Å². The van der Waals surface area contributed by atoms with Gasteiger partial charge in [0.15, 0.2) is 0 Å². The normalized spacial score (nSPS) is 17.7. The Morgan fingerprint density at radius 2 is 1.62 bits per heavy atom. The average molecular weight is 357 g/mol. The Morgan fingerprint density at radius 3 is 2.15 bits per heavy atom. The predicted octanol–water partition coefficient (Wildman–Crippen LogP) is 3.14. The van der Waals surface area contributed by atoms with E-state index in [2.05, 4.69) is 0 Å². The number of amides is 2. The summed E-state index contributed by atoms with van der Waals surface area (Å²) in [6.45, 7) is 0. The molecule has 7 heteroatoms. The van der Waals surface area contributed by atoms with Crippen LogP contribution in [-0.2, 0) is 15.0 Å². The number of carbonyl (C=O) groups excluding carboxylic acids is 3. The van der Waals surface area contributed by atoms with Crippen LogP contribution in [-0.4, -0.2) is 22.8 Å². The molecule has 1 fully saturated rings. The molecular weight excluding hydrogens is 344 g/mol. The van der Waals surface area contributed by atoms with Gasteiger partial charge in [0.25, 0.3) is 11.8 Å². The lowest BCUT2D eigenvalue weighted by Gasteiger charge is -2.39. The number of rotatable bonds is 3. The zero-order valence-electron chi connectivity index (χ0n) is 13.5. The van der Waals surface area contributed by atoms with Crippen LogP contribution in [0, 0.1) is 11.6 Å². The second-order valence-corrected chi connectivity index (χ2v) is 6.39. The molecule has 0 bridgehead atoms. The van der Waals surface area contributed by atoms with E-state index in [4.69, 9.17) is 4.84 Å². The van der Waals surface area contributed by atoms with Gasteiger partial charge < -0.3 is 4.84 Å². The lowest BCUT2D eigenvalue weighted by Crippen LogP contribution is -2.48. The second-order valence-electron chi connectivity index (χ2n) is 6.39. The summed E-state index contributed by atoms with van der Waals surface area (Å²) in [6.07, 6.45) is 1.11. The summed E-state index contributed by atoms with van der Waals surface area (Å²) in [5.74, 6) is -3.87. The first-order valence-electron chi connectivity index (χ1n) is 8.10. The highest BCUT2D eigenvalue weighted by molar-refractivity contribution is 6.21. The molecule has 1 heterocycles. The van der Waals surface area contributed by atoms with E-state index in [-0.39, 0.29) is 29.5 Å². The molecule has 1 aliphatic carbocycles. The molecule has 132 valence electrons. The molecule has 2 aromatic rings. The van der Waals surface area contributed by atoms with Gasteiger partial charge in [0, 0.05) is 5.56 Å². The van der Waals surface area contributed by atoms with Gasteiger partial charge in [-0.15, -0.1) is 0 Å². The summed E-state index contributed by atoms with van der Waals surface area (Å²) in [5.41, 5.74) is -1.26. The van der Waals surface area contributed by atoms with Crippen molar-refractivity contribution >= 4 is 17.8 Å². The number of hydroxylamine groups is 2. The molecular formula is C19H13F2NO4. The summed E-state index contributed by atoms with van der Waals surface area (Å²) >= 11 is 0. The largest absolute Gasteiger partial charge is 0.343 e. The third-order valence-corrected chi connectivity index (χ3v) is 4.97. The van der Waals surface area contributed by atoms with Crippen molar-refractivity contribution in [3.63, 3.8) is 0 Å². The van der Waals surface area contributed by atoms with Crippen LogP contribution in [0.1, 0.15) is 45.5 Å². The number of carbonyl (C=O) groups is 3. The Morgan fingerprint density at radius 1 is 1.00 bits per heavy atom. The first-order chi connectivity index (χ1) is 12.4. The van der Waals surface area contributed by atoms with Crippen molar-refractivity contribution in [2.45, 2.75) is 24.7 Å². The molecule has 0 atom stereocenters. The zero-order chi connectivity index (χ0) is 18.5. The van der Waals surface area contributed by atoms with Crippen LogP contribution in [0.4, 0.5) is 8.78 Å². The number of imide groups is 1. The molecule has 0 radical (unpaired) electrons. The number of nitrogens with zero attached hydrogens (tertiary/aromatic N) is 1. The van der Waals surface area contributed by atoms with Gasteiger partial charge in [0.05, 0.1) is 16.5 Å². The quantitative estimate of drug-likeness (QED) is 0.792. The molecule has 1 aliphatic heterocycles. The van der Waals surface area contributed by atoms with E-state index < -0.39 is 34.8 Å². The van der Waals surface area contributed by atoms with Crippen molar-refractivity contribution in [3.8, 4) is 0 Å². The average Bonchev–Trinajstić information content (AvgIpc) is 2.82. The number of halogens is 2. The summed E-state index contributed by atoms with van der Waals surface area (Å²) in [7, 11) is 0. The van der Waals surface area contributed by atoms with Crippen LogP contribution in [0.25, 0.3) is 0 Å². The van der Waals surface area contributed by atoms with E-state index in [0.29, 0.717) is 11.5 Å². The summed E-state index contributed by atoms with van der Waals surface area (Å²) in [4.78, 5) is 42.5. The van der Waals surface area contributed by atoms with Gasteiger partial charge in [-0.25, -0.2) is 13.6 Å². The SMILES string of the molecule is O=C1c2ccccc2C(=O)N1OC(=O)C1(c2cc(F)ccc2F)CCC1. The molecule has 0 unspecified atom stereocenters. The van der Waals surface area contributed by atoms with E-state index in [1.165, 1.54) is 12.1 Å². The highest BCUT2D eigenvalue weighted by atomic mass is 19.1. The fraction of sp³-hybridized carbons (Fsp3) is 0.211. The first-order valence-corrected chi connectivity index (χ1v) is 8.10. The predicted molar refractivity (Wildman–Crippen MR) is 84.9 cm³/mol. The van der Waals surface area contributed by atoms with Gasteiger partial charge in [0.1, 0.15) is 11.6 Å². The summed E-state index contributed by atoms with van der Waals surface area (Å²) in [6, 6.07) is 8.94. The molecule has 2 aliphatic rings. The molecule has 2 amide bonds. The van der Waals surface area contributed by atoms with Gasteiger partial charge in [-0.05, 0) is 43.2 Å². The standard InChI is InChI=1S/C19H13F2NO4/c20-11-6-7-15(21)14(10-11)19(8-3-9-19)18(25)26-22-16(23)12-4-1-2-5-13(12)17(22)24/h1-2,4-7,10H,3,8-9H2. The Hall–Kier alpha value is -3.09. The number of benzene rings is 2. The number of hydrogen-bond acceptors (Lipinski definition) is 4. The first kappa shape index (κ1) is 16.4. The maximum absolute atomic E-state index is 14.2. The fourth-order valence-corrected chi connectivity index (χ4v) is 3.40. The maximum Gasteiger partial charge on any atom is 0.343 e. The third kappa shape index (κ3) is 2.23. The Kier molecular flexibility index (Phi) is 3.61. The van der Waals surface area contributed by atoms with Gasteiger partial charge in [0.2, 0.25) is 0 Å². The van der Waals surface area contributed by atoms with Crippen molar-refractivity contribution < 1.29 is 28.0 Å².